The molecule has 6 heteroatoms. The number of halogens is 1. The van der Waals surface area contributed by atoms with Gasteiger partial charge in [-0.3, -0.25) is 4.79 Å². The Labute approximate surface area is 124 Å². The van der Waals surface area contributed by atoms with E-state index in [4.69, 9.17) is 11.6 Å². The van der Waals surface area contributed by atoms with Gasteiger partial charge in [-0.1, -0.05) is 18.0 Å². The molecule has 1 aliphatic rings. The molecule has 1 amide bonds. The molecule has 2 aromatic heterocycles. The number of carbonyl (C=O) groups excluding carboxylic acids is 1. The van der Waals surface area contributed by atoms with Crippen LogP contribution in [0, 0.1) is 5.92 Å². The average molecular weight is 313 g/mol. The first-order chi connectivity index (χ1) is 9.22. The summed E-state index contributed by atoms with van der Waals surface area (Å²) in [5, 5.41) is 5.61. The van der Waals surface area contributed by atoms with Crippen molar-refractivity contribution in [1.29, 1.82) is 0 Å². The summed E-state index contributed by atoms with van der Waals surface area (Å²) in [5.74, 6) is 0.593. The number of nitrogens with one attached hydrogen (secondary N) is 1. The summed E-state index contributed by atoms with van der Waals surface area (Å²) in [6, 6.07) is 3.78. The van der Waals surface area contributed by atoms with Crippen molar-refractivity contribution in [2.75, 3.05) is 6.54 Å². The number of hydrogen-bond acceptors (Lipinski definition) is 4. The van der Waals surface area contributed by atoms with Crippen LogP contribution < -0.4 is 5.32 Å². The first-order valence-electron chi connectivity index (χ1n) is 6.22. The third kappa shape index (κ3) is 2.99. The minimum Gasteiger partial charge on any atom is -0.350 e. The Bertz CT molecular complexity index is 589. The standard InChI is InChI=1S/C13H13ClN2OS2/c14-11-5-4-10(19-11)13-16-9(7-18-13)12(17)15-6-8-2-1-3-8/h4-5,7-8H,1-3,6H2,(H,15,17). The molecular formula is C13H13ClN2OS2. The van der Waals surface area contributed by atoms with Gasteiger partial charge in [-0.15, -0.1) is 22.7 Å². The molecule has 1 saturated carbocycles. The molecule has 0 unspecified atom stereocenters. The summed E-state index contributed by atoms with van der Waals surface area (Å²) in [4.78, 5) is 17.3. The van der Waals surface area contributed by atoms with Crippen LogP contribution >= 0.6 is 34.3 Å². The third-order valence-electron chi connectivity index (χ3n) is 3.30. The number of amides is 1. The van der Waals surface area contributed by atoms with Crippen molar-refractivity contribution in [2.24, 2.45) is 5.92 Å². The number of thiazole rings is 1. The van der Waals surface area contributed by atoms with Crippen molar-refractivity contribution >= 4 is 40.2 Å². The van der Waals surface area contributed by atoms with Crippen molar-refractivity contribution in [1.82, 2.24) is 10.3 Å². The molecule has 0 saturated heterocycles. The second-order valence-corrected chi connectivity index (χ2v) is 7.22. The number of nitrogens with zero attached hydrogens (tertiary/aromatic N) is 1. The van der Waals surface area contributed by atoms with Gasteiger partial charge in [0, 0.05) is 11.9 Å². The predicted octanol–water partition coefficient (Wildman–Crippen LogP) is 4.05. The van der Waals surface area contributed by atoms with E-state index in [0.717, 1.165) is 20.8 Å². The summed E-state index contributed by atoms with van der Waals surface area (Å²) in [6.07, 6.45) is 3.76. The molecule has 0 radical (unpaired) electrons. The molecule has 0 atom stereocenters. The summed E-state index contributed by atoms with van der Waals surface area (Å²) < 4.78 is 0.737. The maximum absolute atomic E-state index is 11.9. The number of hydrogen-bond donors (Lipinski definition) is 1. The highest BCUT2D eigenvalue weighted by molar-refractivity contribution is 7.23. The van der Waals surface area contributed by atoms with Crippen molar-refractivity contribution in [3.8, 4) is 9.88 Å². The number of thiophene rings is 1. The van der Waals surface area contributed by atoms with Crippen LogP contribution in [0.15, 0.2) is 17.5 Å². The minimum absolute atomic E-state index is 0.0722. The van der Waals surface area contributed by atoms with Gasteiger partial charge in [0.15, 0.2) is 0 Å². The number of carbonyl (C=O) groups is 1. The van der Waals surface area contributed by atoms with Crippen LogP contribution in [0.4, 0.5) is 0 Å². The Morgan fingerprint density at radius 3 is 2.95 bits per heavy atom. The van der Waals surface area contributed by atoms with Gasteiger partial charge >= 0.3 is 0 Å². The lowest BCUT2D eigenvalue weighted by molar-refractivity contribution is 0.0935. The topological polar surface area (TPSA) is 42.0 Å². The fraction of sp³-hybridized carbons (Fsp3) is 0.385. The number of aromatic nitrogens is 1. The van der Waals surface area contributed by atoms with Gasteiger partial charge in [-0.25, -0.2) is 4.98 Å². The highest BCUT2D eigenvalue weighted by Crippen LogP contribution is 2.33. The van der Waals surface area contributed by atoms with Crippen LogP contribution in [-0.4, -0.2) is 17.4 Å². The fourth-order valence-corrected chi connectivity index (χ4v) is 3.86. The van der Waals surface area contributed by atoms with E-state index in [1.807, 2.05) is 12.1 Å². The van der Waals surface area contributed by atoms with E-state index in [1.54, 1.807) is 5.38 Å². The second-order valence-electron chi connectivity index (χ2n) is 4.65. The van der Waals surface area contributed by atoms with Crippen LogP contribution in [0.1, 0.15) is 29.8 Å². The van der Waals surface area contributed by atoms with E-state index in [0.29, 0.717) is 11.6 Å². The summed E-state index contributed by atoms with van der Waals surface area (Å²) in [6.45, 7) is 0.774. The predicted molar refractivity (Wildman–Crippen MR) is 80.1 cm³/mol. The van der Waals surface area contributed by atoms with Crippen LogP contribution in [0.5, 0.6) is 0 Å². The van der Waals surface area contributed by atoms with Crippen molar-refractivity contribution in [2.45, 2.75) is 19.3 Å². The molecule has 0 spiro atoms. The summed E-state index contributed by atoms with van der Waals surface area (Å²) in [5.41, 5.74) is 0.504. The average Bonchev–Trinajstić information content (AvgIpc) is 2.94. The SMILES string of the molecule is O=C(NCC1CCC1)c1csc(-c2ccc(Cl)s2)n1. The summed E-state index contributed by atoms with van der Waals surface area (Å²) >= 11 is 8.86. The van der Waals surface area contributed by atoms with E-state index < -0.39 is 0 Å². The maximum atomic E-state index is 11.9. The van der Waals surface area contributed by atoms with Crippen LogP contribution in [-0.2, 0) is 0 Å². The van der Waals surface area contributed by atoms with Crippen molar-refractivity contribution < 1.29 is 4.79 Å². The van der Waals surface area contributed by atoms with E-state index in [2.05, 4.69) is 10.3 Å². The van der Waals surface area contributed by atoms with Crippen LogP contribution in [0.2, 0.25) is 4.34 Å². The van der Waals surface area contributed by atoms with Crippen molar-refractivity contribution in [3.05, 3.63) is 27.5 Å². The van der Waals surface area contributed by atoms with Gasteiger partial charge in [-0.05, 0) is 30.9 Å². The lowest BCUT2D eigenvalue weighted by Gasteiger charge is -2.25. The van der Waals surface area contributed by atoms with Crippen LogP contribution in [0.3, 0.4) is 0 Å². The number of rotatable bonds is 4. The molecular weight excluding hydrogens is 300 g/mol. The van der Waals surface area contributed by atoms with E-state index in [9.17, 15) is 4.79 Å². The quantitative estimate of drug-likeness (QED) is 0.925. The van der Waals surface area contributed by atoms with Gasteiger partial charge in [-0.2, -0.15) is 0 Å². The van der Waals surface area contributed by atoms with Crippen molar-refractivity contribution in [3.63, 3.8) is 0 Å². The molecule has 1 N–H and O–H groups in total. The zero-order valence-electron chi connectivity index (χ0n) is 10.2. The van der Waals surface area contributed by atoms with Gasteiger partial charge < -0.3 is 5.32 Å². The zero-order valence-corrected chi connectivity index (χ0v) is 12.6. The highest BCUT2D eigenvalue weighted by atomic mass is 35.5. The maximum Gasteiger partial charge on any atom is 0.270 e. The molecule has 3 rings (SSSR count). The fourth-order valence-electron chi connectivity index (χ4n) is 1.94. The van der Waals surface area contributed by atoms with Gasteiger partial charge in [0.05, 0.1) is 9.21 Å². The van der Waals surface area contributed by atoms with E-state index >= 15 is 0 Å². The van der Waals surface area contributed by atoms with Gasteiger partial charge in [0.25, 0.3) is 5.91 Å². The molecule has 1 aliphatic carbocycles. The van der Waals surface area contributed by atoms with E-state index in [1.165, 1.54) is 41.9 Å². The van der Waals surface area contributed by atoms with Gasteiger partial charge in [0.1, 0.15) is 10.7 Å². The largest absolute Gasteiger partial charge is 0.350 e. The molecule has 3 nitrogen and oxygen atoms in total. The second kappa shape index (κ2) is 5.61. The van der Waals surface area contributed by atoms with Gasteiger partial charge in [0.2, 0.25) is 0 Å². The summed E-state index contributed by atoms with van der Waals surface area (Å²) in [7, 11) is 0. The Balaban J connectivity index is 1.64. The molecule has 2 heterocycles. The lowest BCUT2D eigenvalue weighted by atomic mass is 9.85. The molecule has 0 aliphatic heterocycles. The minimum atomic E-state index is -0.0722. The molecule has 19 heavy (non-hydrogen) atoms. The molecule has 0 bridgehead atoms. The smallest absolute Gasteiger partial charge is 0.270 e. The first kappa shape index (κ1) is 13.1. The lowest BCUT2D eigenvalue weighted by Crippen LogP contribution is -2.32. The zero-order chi connectivity index (χ0) is 13.2. The molecule has 2 aromatic rings. The Morgan fingerprint density at radius 1 is 1.47 bits per heavy atom. The molecule has 100 valence electrons. The monoisotopic (exact) mass is 312 g/mol. The van der Waals surface area contributed by atoms with Crippen LogP contribution in [0.25, 0.3) is 9.88 Å². The molecule has 1 fully saturated rings. The highest BCUT2D eigenvalue weighted by Gasteiger charge is 2.19. The third-order valence-corrected chi connectivity index (χ3v) is 5.54. The van der Waals surface area contributed by atoms with E-state index in [-0.39, 0.29) is 5.91 Å². The first-order valence-corrected chi connectivity index (χ1v) is 8.29. The Kier molecular flexibility index (Phi) is 3.86. The normalized spacial score (nSPS) is 15.2. The Hall–Kier alpha value is -0.910. The Morgan fingerprint density at radius 2 is 2.32 bits per heavy atom. The molecule has 0 aromatic carbocycles.